The summed E-state index contributed by atoms with van der Waals surface area (Å²) in [5, 5.41) is 7.23. The lowest BCUT2D eigenvalue weighted by Gasteiger charge is -2.24. The molecule has 0 radical (unpaired) electrons. The number of hydrogen-bond acceptors (Lipinski definition) is 7. The van der Waals surface area contributed by atoms with E-state index in [2.05, 4.69) is 29.4 Å². The van der Waals surface area contributed by atoms with Gasteiger partial charge in [-0.15, -0.1) is 0 Å². The van der Waals surface area contributed by atoms with Gasteiger partial charge in [0.25, 0.3) is 5.91 Å². The molecule has 4 rings (SSSR count). The van der Waals surface area contributed by atoms with Crippen molar-refractivity contribution in [3.63, 3.8) is 0 Å². The molecule has 184 valence electrons. The van der Waals surface area contributed by atoms with Crippen LogP contribution < -0.4 is 25.7 Å². The van der Waals surface area contributed by atoms with Crippen molar-refractivity contribution >= 4 is 41.5 Å². The fourth-order valence-corrected chi connectivity index (χ4v) is 5.28. The highest BCUT2D eigenvalue weighted by molar-refractivity contribution is 7.70. The molecule has 0 spiro atoms. The SMILES string of the molecule is CNCc1nc(N(C)C(C)C)cc2c1CN(c1cccc(Nc3ccccc3P(C)(C)=O)n1)C2=O. The molecule has 3 heterocycles. The summed E-state index contributed by atoms with van der Waals surface area (Å²) >= 11 is 0. The molecule has 1 aliphatic heterocycles. The summed E-state index contributed by atoms with van der Waals surface area (Å²) in [4.78, 5) is 26.8. The van der Waals surface area contributed by atoms with Crippen molar-refractivity contribution in [2.75, 3.05) is 42.5 Å². The van der Waals surface area contributed by atoms with Crippen molar-refractivity contribution in [3.05, 3.63) is 65.4 Å². The maximum Gasteiger partial charge on any atom is 0.260 e. The van der Waals surface area contributed by atoms with Crippen LogP contribution >= 0.6 is 7.14 Å². The number of fused-ring (bicyclic) bond motifs is 1. The van der Waals surface area contributed by atoms with Crippen LogP contribution in [-0.2, 0) is 17.7 Å². The van der Waals surface area contributed by atoms with Gasteiger partial charge in [-0.05, 0) is 64.6 Å². The predicted octanol–water partition coefficient (Wildman–Crippen LogP) is 4.19. The van der Waals surface area contributed by atoms with Gasteiger partial charge in [0.1, 0.15) is 24.6 Å². The topological polar surface area (TPSA) is 90.5 Å². The zero-order valence-corrected chi connectivity index (χ0v) is 22.1. The van der Waals surface area contributed by atoms with Crippen molar-refractivity contribution in [2.24, 2.45) is 0 Å². The number of nitrogens with zero attached hydrogens (tertiary/aromatic N) is 4. The third-order valence-corrected chi connectivity index (χ3v) is 7.78. The van der Waals surface area contributed by atoms with Crippen molar-refractivity contribution in [2.45, 2.75) is 33.0 Å². The highest BCUT2D eigenvalue weighted by Gasteiger charge is 2.33. The number of para-hydroxylation sites is 1. The molecule has 0 bridgehead atoms. The van der Waals surface area contributed by atoms with Crippen molar-refractivity contribution in [3.8, 4) is 0 Å². The van der Waals surface area contributed by atoms with Gasteiger partial charge >= 0.3 is 0 Å². The Balaban J connectivity index is 1.67. The van der Waals surface area contributed by atoms with E-state index in [-0.39, 0.29) is 11.9 Å². The Morgan fingerprint density at radius 3 is 2.54 bits per heavy atom. The Kier molecular flexibility index (Phi) is 6.97. The minimum Gasteiger partial charge on any atom is -0.357 e. The fourth-order valence-electron chi connectivity index (χ4n) is 4.13. The van der Waals surface area contributed by atoms with Crippen LogP contribution in [0.25, 0.3) is 0 Å². The van der Waals surface area contributed by atoms with E-state index in [1.807, 2.05) is 62.6 Å². The van der Waals surface area contributed by atoms with Crippen LogP contribution in [0.15, 0.2) is 48.5 Å². The molecule has 1 aliphatic rings. The van der Waals surface area contributed by atoms with Crippen LogP contribution in [0, 0.1) is 0 Å². The number of rotatable bonds is 8. The molecule has 3 aromatic rings. The molecule has 1 aromatic carbocycles. The zero-order valence-electron chi connectivity index (χ0n) is 21.2. The molecule has 0 atom stereocenters. The van der Waals surface area contributed by atoms with Crippen LogP contribution in [-0.4, -0.2) is 49.3 Å². The van der Waals surface area contributed by atoms with Gasteiger partial charge in [0, 0.05) is 30.5 Å². The summed E-state index contributed by atoms with van der Waals surface area (Å²) in [6.07, 6.45) is 0. The molecular formula is C26H33N6O2P. The highest BCUT2D eigenvalue weighted by atomic mass is 31.2. The standard InChI is InChI=1S/C26H33N6O2P/c1-17(2)31(4)25-14-18-19(21(29-25)15-27-3)16-32(26(18)33)24-13-9-12-23(30-24)28-20-10-7-8-11-22(20)35(5,6)34/h7-14,17,27H,15-16H2,1-6H3,(H,28,30). The first-order valence-electron chi connectivity index (χ1n) is 11.7. The number of amides is 1. The monoisotopic (exact) mass is 492 g/mol. The van der Waals surface area contributed by atoms with E-state index in [1.54, 1.807) is 18.2 Å². The minimum atomic E-state index is -2.48. The first-order chi connectivity index (χ1) is 16.6. The molecule has 2 N–H and O–H groups in total. The molecular weight excluding hydrogens is 459 g/mol. The molecule has 0 unspecified atom stereocenters. The number of carbonyl (C=O) groups excluding carboxylic acids is 1. The summed E-state index contributed by atoms with van der Waals surface area (Å²) < 4.78 is 12.7. The average Bonchev–Trinajstić information content (AvgIpc) is 3.15. The second-order valence-electron chi connectivity index (χ2n) is 9.45. The Morgan fingerprint density at radius 2 is 1.86 bits per heavy atom. The highest BCUT2D eigenvalue weighted by Crippen LogP contribution is 2.38. The first-order valence-corrected chi connectivity index (χ1v) is 14.3. The van der Waals surface area contributed by atoms with Gasteiger partial charge in [-0.2, -0.15) is 0 Å². The number of aromatic nitrogens is 2. The maximum atomic E-state index is 13.5. The van der Waals surface area contributed by atoms with E-state index in [9.17, 15) is 9.36 Å². The smallest absolute Gasteiger partial charge is 0.260 e. The van der Waals surface area contributed by atoms with Crippen molar-refractivity contribution < 1.29 is 9.36 Å². The molecule has 0 saturated carbocycles. The fraction of sp³-hybridized carbons (Fsp3) is 0.346. The van der Waals surface area contributed by atoms with E-state index >= 15 is 0 Å². The van der Waals surface area contributed by atoms with E-state index in [4.69, 9.17) is 9.97 Å². The molecule has 0 aliphatic carbocycles. The minimum absolute atomic E-state index is 0.0881. The van der Waals surface area contributed by atoms with Gasteiger partial charge in [0.15, 0.2) is 0 Å². The van der Waals surface area contributed by atoms with Gasteiger partial charge in [-0.1, -0.05) is 18.2 Å². The van der Waals surface area contributed by atoms with Crippen LogP contribution in [0.4, 0.5) is 23.1 Å². The van der Waals surface area contributed by atoms with Gasteiger partial charge in [-0.25, -0.2) is 9.97 Å². The van der Waals surface area contributed by atoms with Gasteiger partial charge in [0.05, 0.1) is 23.5 Å². The number of carbonyl (C=O) groups is 1. The quantitative estimate of drug-likeness (QED) is 0.456. The van der Waals surface area contributed by atoms with Crippen LogP contribution in [0.3, 0.4) is 0 Å². The van der Waals surface area contributed by atoms with Gasteiger partial charge < -0.3 is 20.1 Å². The van der Waals surface area contributed by atoms with Gasteiger partial charge in [0.2, 0.25) is 0 Å². The third-order valence-electron chi connectivity index (χ3n) is 6.23. The molecule has 1 amide bonds. The van der Waals surface area contributed by atoms with Crippen LogP contribution in [0.5, 0.6) is 0 Å². The van der Waals surface area contributed by atoms with Crippen molar-refractivity contribution in [1.82, 2.24) is 15.3 Å². The molecule has 0 fully saturated rings. The van der Waals surface area contributed by atoms with Crippen molar-refractivity contribution in [1.29, 1.82) is 0 Å². The lowest BCUT2D eigenvalue weighted by Crippen LogP contribution is -2.27. The summed E-state index contributed by atoms with van der Waals surface area (Å²) in [6, 6.07) is 15.2. The summed E-state index contributed by atoms with van der Waals surface area (Å²) in [5.41, 5.74) is 3.21. The zero-order chi connectivity index (χ0) is 25.3. The number of anilines is 4. The second-order valence-corrected chi connectivity index (χ2v) is 12.6. The van der Waals surface area contributed by atoms with E-state index in [1.165, 1.54) is 0 Å². The third kappa shape index (κ3) is 5.09. The summed E-state index contributed by atoms with van der Waals surface area (Å²) in [7, 11) is 1.38. The van der Waals surface area contributed by atoms with Crippen LogP contribution in [0.2, 0.25) is 0 Å². The van der Waals surface area contributed by atoms with E-state index < -0.39 is 7.14 Å². The number of hydrogen-bond donors (Lipinski definition) is 2. The summed E-state index contributed by atoms with van der Waals surface area (Å²) in [5.74, 6) is 1.83. The largest absolute Gasteiger partial charge is 0.357 e. The van der Waals surface area contributed by atoms with E-state index in [0.29, 0.717) is 30.3 Å². The number of benzene rings is 1. The lowest BCUT2D eigenvalue weighted by atomic mass is 10.1. The summed E-state index contributed by atoms with van der Waals surface area (Å²) in [6.45, 7) is 8.67. The number of nitrogens with one attached hydrogen (secondary N) is 2. The first kappa shape index (κ1) is 24.9. The Hall–Kier alpha value is -3.22. The van der Waals surface area contributed by atoms with Crippen LogP contribution in [0.1, 0.15) is 35.5 Å². The molecule has 0 saturated heterocycles. The molecule has 2 aromatic heterocycles. The second kappa shape index (κ2) is 9.80. The van der Waals surface area contributed by atoms with E-state index in [0.717, 1.165) is 28.1 Å². The predicted molar refractivity (Wildman–Crippen MR) is 144 cm³/mol. The van der Waals surface area contributed by atoms with Gasteiger partial charge in [-0.3, -0.25) is 9.69 Å². The lowest BCUT2D eigenvalue weighted by molar-refractivity contribution is 0.0996. The Bertz CT molecular complexity index is 1300. The molecule has 9 heteroatoms. The number of pyridine rings is 2. The Morgan fingerprint density at radius 1 is 1.11 bits per heavy atom. The normalized spacial score (nSPS) is 13.3. The average molecular weight is 493 g/mol. The maximum absolute atomic E-state index is 13.5. The molecule has 8 nitrogen and oxygen atoms in total. The Labute approximate surface area is 207 Å². The molecule has 35 heavy (non-hydrogen) atoms.